The number of aliphatic hydroxyl groups excluding tert-OH is 4. The van der Waals surface area contributed by atoms with Gasteiger partial charge in [-0.1, -0.05) is 33.6 Å². The Morgan fingerprint density at radius 1 is 0.839 bits per heavy atom. The molecule has 4 fully saturated rings. The second kappa shape index (κ2) is 9.24. The molecule has 0 spiro atoms. The summed E-state index contributed by atoms with van der Waals surface area (Å²) < 4.78 is 0. The highest BCUT2D eigenvalue weighted by Crippen LogP contribution is 2.68. The molecule has 0 aromatic heterocycles. The van der Waals surface area contributed by atoms with Gasteiger partial charge in [0, 0.05) is 19.1 Å². The minimum atomic E-state index is -0.193. The lowest BCUT2D eigenvalue weighted by Gasteiger charge is -2.62. The summed E-state index contributed by atoms with van der Waals surface area (Å²) in [6.07, 6.45) is 11.8. The van der Waals surface area contributed by atoms with Crippen molar-refractivity contribution in [2.24, 2.45) is 52.3 Å². The van der Waals surface area contributed by atoms with Crippen LogP contribution in [0.1, 0.15) is 91.4 Å². The lowest BCUT2D eigenvalue weighted by molar-refractivity contribution is -0.174. The second-order valence-corrected chi connectivity index (χ2v) is 12.6. The van der Waals surface area contributed by atoms with Gasteiger partial charge in [0.15, 0.2) is 0 Å². The molecular formula is C27H48O4. The molecule has 4 nitrogen and oxygen atoms in total. The third-order valence-corrected chi connectivity index (χ3v) is 11.2. The molecular weight excluding hydrogens is 388 g/mol. The normalized spacial score (nSPS) is 48.2. The van der Waals surface area contributed by atoms with E-state index in [1.807, 2.05) is 0 Å². The van der Waals surface area contributed by atoms with Crippen LogP contribution in [-0.2, 0) is 0 Å². The predicted octanol–water partition coefficient (Wildman–Crippen LogP) is 4.38. The summed E-state index contributed by atoms with van der Waals surface area (Å²) in [5.41, 5.74) is 0.643. The lowest BCUT2D eigenvalue weighted by Crippen LogP contribution is -2.58. The first-order chi connectivity index (χ1) is 14.7. The van der Waals surface area contributed by atoms with Crippen LogP contribution >= 0.6 is 0 Å². The topological polar surface area (TPSA) is 80.9 Å². The van der Waals surface area contributed by atoms with Crippen LogP contribution in [0.2, 0.25) is 0 Å². The van der Waals surface area contributed by atoms with Crippen molar-refractivity contribution in [1.29, 1.82) is 0 Å². The Balaban J connectivity index is 1.45. The Kier molecular flexibility index (Phi) is 7.14. The minimum absolute atomic E-state index is 0.0367. The van der Waals surface area contributed by atoms with Crippen LogP contribution in [0.25, 0.3) is 0 Å². The number of aliphatic hydroxyl groups is 4. The fraction of sp³-hybridized carbons (Fsp3) is 1.00. The van der Waals surface area contributed by atoms with Crippen molar-refractivity contribution in [2.45, 2.75) is 104 Å². The molecule has 0 saturated heterocycles. The fourth-order valence-electron chi connectivity index (χ4n) is 9.35. The van der Waals surface area contributed by atoms with E-state index in [0.717, 1.165) is 44.4 Å². The van der Waals surface area contributed by atoms with Crippen LogP contribution in [-0.4, -0.2) is 45.8 Å². The van der Waals surface area contributed by atoms with Crippen molar-refractivity contribution >= 4 is 0 Å². The zero-order valence-electron chi connectivity index (χ0n) is 20.2. The van der Waals surface area contributed by atoms with Gasteiger partial charge in [-0.3, -0.25) is 0 Å². The van der Waals surface area contributed by atoms with E-state index < -0.39 is 0 Å². The smallest absolute Gasteiger partial charge is 0.0577 e. The molecule has 0 bridgehead atoms. The van der Waals surface area contributed by atoms with E-state index in [-0.39, 0.29) is 31.3 Å². The largest absolute Gasteiger partial charge is 0.396 e. The molecule has 4 rings (SSSR count). The van der Waals surface area contributed by atoms with E-state index in [2.05, 4.69) is 20.8 Å². The molecule has 4 heteroatoms. The zero-order chi connectivity index (χ0) is 22.4. The average Bonchev–Trinajstić information content (AvgIpc) is 3.09. The van der Waals surface area contributed by atoms with E-state index in [0.29, 0.717) is 40.4 Å². The van der Waals surface area contributed by atoms with Crippen molar-refractivity contribution in [3.63, 3.8) is 0 Å². The summed E-state index contributed by atoms with van der Waals surface area (Å²) in [5.74, 6) is 3.62. The third kappa shape index (κ3) is 4.13. The summed E-state index contributed by atoms with van der Waals surface area (Å²) in [6, 6.07) is 0. The molecule has 0 aliphatic heterocycles. The highest BCUT2D eigenvalue weighted by molar-refractivity contribution is 5.11. The van der Waals surface area contributed by atoms with Gasteiger partial charge >= 0.3 is 0 Å². The van der Waals surface area contributed by atoms with Gasteiger partial charge in [-0.25, -0.2) is 0 Å². The summed E-state index contributed by atoms with van der Waals surface area (Å²) in [5, 5.41) is 40.3. The predicted molar refractivity (Wildman–Crippen MR) is 123 cm³/mol. The molecule has 0 amide bonds. The molecule has 4 saturated carbocycles. The molecule has 31 heavy (non-hydrogen) atoms. The number of fused-ring (bicyclic) bond motifs is 5. The minimum Gasteiger partial charge on any atom is -0.396 e. The number of hydrogen-bond donors (Lipinski definition) is 4. The molecule has 180 valence electrons. The molecule has 0 aromatic rings. The molecule has 0 heterocycles. The molecule has 0 radical (unpaired) electrons. The maximum Gasteiger partial charge on any atom is 0.0577 e. The average molecular weight is 437 g/mol. The van der Waals surface area contributed by atoms with Gasteiger partial charge in [0.2, 0.25) is 0 Å². The summed E-state index contributed by atoms with van der Waals surface area (Å²) in [4.78, 5) is 0. The maximum absolute atomic E-state index is 11.4. The number of rotatable bonds is 7. The molecule has 0 aromatic carbocycles. The molecule has 10 atom stereocenters. The van der Waals surface area contributed by atoms with Gasteiger partial charge in [-0.05, 0) is 104 Å². The second-order valence-electron chi connectivity index (χ2n) is 12.6. The van der Waals surface area contributed by atoms with Gasteiger partial charge in [0.25, 0.3) is 0 Å². The van der Waals surface area contributed by atoms with Crippen LogP contribution in [0.15, 0.2) is 0 Å². The number of hydrogen-bond acceptors (Lipinski definition) is 4. The van der Waals surface area contributed by atoms with Gasteiger partial charge in [-0.15, -0.1) is 0 Å². The first-order valence-corrected chi connectivity index (χ1v) is 13.3. The highest BCUT2D eigenvalue weighted by Gasteiger charge is 2.62. The van der Waals surface area contributed by atoms with Gasteiger partial charge in [-0.2, -0.15) is 0 Å². The van der Waals surface area contributed by atoms with Crippen molar-refractivity contribution < 1.29 is 20.4 Å². The Hall–Kier alpha value is -0.160. The van der Waals surface area contributed by atoms with Crippen molar-refractivity contribution in [3.05, 3.63) is 0 Å². The van der Waals surface area contributed by atoms with Crippen LogP contribution in [0.3, 0.4) is 0 Å². The van der Waals surface area contributed by atoms with Crippen LogP contribution < -0.4 is 0 Å². The molecule has 4 aliphatic carbocycles. The standard InChI is InChI=1S/C27H48O4/c1-17(5-4-6-18(15-28)16-29)21-7-8-22-25-23(10-12-27(21,22)3)26(2)11-9-20(30)13-19(26)14-24(25)31/h17-25,28-31H,4-16H2,1-3H3/t17-,19-,20-,21-,22+,23+,24-,25+,26+,27-/m1/s1. The van der Waals surface area contributed by atoms with Gasteiger partial charge in [0.05, 0.1) is 12.2 Å². The molecule has 4 N–H and O–H groups in total. The van der Waals surface area contributed by atoms with Crippen molar-refractivity contribution in [3.8, 4) is 0 Å². The van der Waals surface area contributed by atoms with Gasteiger partial charge < -0.3 is 20.4 Å². The van der Waals surface area contributed by atoms with Crippen LogP contribution in [0.4, 0.5) is 0 Å². The summed E-state index contributed by atoms with van der Waals surface area (Å²) in [6.45, 7) is 7.63. The fourth-order valence-corrected chi connectivity index (χ4v) is 9.35. The highest BCUT2D eigenvalue weighted by atomic mass is 16.3. The first-order valence-electron chi connectivity index (χ1n) is 13.3. The van der Waals surface area contributed by atoms with Crippen molar-refractivity contribution in [1.82, 2.24) is 0 Å². The molecule has 4 aliphatic rings. The Morgan fingerprint density at radius 2 is 1.52 bits per heavy atom. The Morgan fingerprint density at radius 3 is 2.23 bits per heavy atom. The lowest BCUT2D eigenvalue weighted by atomic mass is 9.43. The van der Waals surface area contributed by atoms with Crippen molar-refractivity contribution in [2.75, 3.05) is 13.2 Å². The van der Waals surface area contributed by atoms with E-state index in [4.69, 9.17) is 0 Å². The monoisotopic (exact) mass is 436 g/mol. The van der Waals surface area contributed by atoms with Crippen LogP contribution in [0, 0.1) is 52.3 Å². The first kappa shape index (κ1) is 24.0. The van der Waals surface area contributed by atoms with Gasteiger partial charge in [0.1, 0.15) is 0 Å². The van der Waals surface area contributed by atoms with E-state index in [1.54, 1.807) is 0 Å². The van der Waals surface area contributed by atoms with E-state index >= 15 is 0 Å². The van der Waals surface area contributed by atoms with Crippen LogP contribution in [0.5, 0.6) is 0 Å². The maximum atomic E-state index is 11.4. The summed E-state index contributed by atoms with van der Waals surface area (Å²) in [7, 11) is 0. The Labute approximate surface area is 189 Å². The van der Waals surface area contributed by atoms with E-state index in [9.17, 15) is 20.4 Å². The Bertz CT molecular complexity index is 606. The quantitative estimate of drug-likeness (QED) is 0.477. The molecule has 0 unspecified atom stereocenters. The third-order valence-electron chi connectivity index (χ3n) is 11.2. The zero-order valence-corrected chi connectivity index (χ0v) is 20.2. The summed E-state index contributed by atoms with van der Waals surface area (Å²) >= 11 is 0. The van der Waals surface area contributed by atoms with E-state index in [1.165, 1.54) is 32.1 Å². The SMILES string of the molecule is C[C@H](CCCC(CO)CO)[C@H]1CC[C@H]2[C@@H]3[C@H](O)C[C@H]4C[C@H](O)CC[C@]4(C)[C@H]3CC[C@]12C.